The molecular weight excluding hydrogens is 415 g/mol. The van der Waals surface area contributed by atoms with Crippen molar-refractivity contribution in [2.45, 2.75) is 38.6 Å². The Morgan fingerprint density at radius 2 is 1.93 bits per heavy atom. The van der Waals surface area contributed by atoms with Gasteiger partial charge in [-0.05, 0) is 48.9 Å². The summed E-state index contributed by atoms with van der Waals surface area (Å²) in [7, 11) is 0. The number of aryl methyl sites for hydroxylation is 1. The molecule has 0 bridgehead atoms. The minimum absolute atomic E-state index is 0.0265. The van der Waals surface area contributed by atoms with E-state index < -0.39 is 0 Å². The highest BCUT2D eigenvalue weighted by Crippen LogP contribution is 2.46. The van der Waals surface area contributed by atoms with Gasteiger partial charge in [0, 0.05) is 30.5 Å². The van der Waals surface area contributed by atoms with Crippen LogP contribution >= 0.6 is 34.5 Å². The first kappa shape index (κ1) is 20.2. The lowest BCUT2D eigenvalue weighted by atomic mass is 9.88. The molecule has 4 rings (SSSR count). The van der Waals surface area contributed by atoms with Gasteiger partial charge in [-0.15, -0.1) is 11.3 Å². The Kier molecular flexibility index (Phi) is 6.28. The van der Waals surface area contributed by atoms with E-state index in [1.54, 1.807) is 18.3 Å². The number of anilines is 1. The molecule has 0 spiro atoms. The number of hydrogen-bond acceptors (Lipinski definition) is 4. The number of carbonyl (C=O) groups is 1. The molecule has 7 heteroatoms. The molecule has 2 aromatic rings. The largest absolute Gasteiger partial charge is 0.379 e. The number of amides is 1. The van der Waals surface area contributed by atoms with Gasteiger partial charge in [0.25, 0.3) is 0 Å². The normalized spacial score (nSPS) is 18.5. The molecule has 4 nitrogen and oxygen atoms in total. The Labute approximate surface area is 179 Å². The number of hydrogen-bond donors (Lipinski definition) is 1. The topological polar surface area (TPSA) is 41.6 Å². The lowest BCUT2D eigenvalue weighted by Crippen LogP contribution is -2.40. The maximum absolute atomic E-state index is 11.9. The number of carbonyl (C=O) groups excluding carboxylic acids is 1. The molecule has 2 aliphatic rings. The van der Waals surface area contributed by atoms with Crippen LogP contribution in [0.15, 0.2) is 18.2 Å². The fourth-order valence-electron chi connectivity index (χ4n) is 4.21. The summed E-state index contributed by atoms with van der Waals surface area (Å²) in [5.41, 5.74) is 3.74. The van der Waals surface area contributed by atoms with Crippen LogP contribution in [0, 0.1) is 0 Å². The van der Waals surface area contributed by atoms with E-state index in [9.17, 15) is 4.79 Å². The number of thiophene rings is 1. The van der Waals surface area contributed by atoms with E-state index in [1.807, 2.05) is 12.1 Å². The van der Waals surface area contributed by atoms with Gasteiger partial charge >= 0.3 is 0 Å². The van der Waals surface area contributed by atoms with Crippen LogP contribution in [0.1, 0.15) is 47.4 Å². The van der Waals surface area contributed by atoms with E-state index in [-0.39, 0.29) is 11.9 Å². The molecule has 0 unspecified atom stereocenters. The lowest BCUT2D eigenvalue weighted by molar-refractivity contribution is -0.114. The third-order valence-corrected chi connectivity index (χ3v) is 7.41. The molecule has 28 heavy (non-hydrogen) atoms. The predicted molar refractivity (Wildman–Crippen MR) is 116 cm³/mol. The zero-order chi connectivity index (χ0) is 19.7. The molecule has 1 aromatic carbocycles. The zero-order valence-electron chi connectivity index (χ0n) is 15.9. The van der Waals surface area contributed by atoms with Gasteiger partial charge < -0.3 is 10.1 Å². The number of nitrogens with zero attached hydrogens (tertiary/aromatic N) is 1. The Balaban J connectivity index is 1.87. The molecule has 1 amide bonds. The highest BCUT2D eigenvalue weighted by molar-refractivity contribution is 7.16. The summed E-state index contributed by atoms with van der Waals surface area (Å²) in [5.74, 6) is -0.0327. The molecule has 2 heterocycles. The van der Waals surface area contributed by atoms with Gasteiger partial charge in [-0.3, -0.25) is 9.69 Å². The summed E-state index contributed by atoms with van der Waals surface area (Å²) >= 11 is 14.3. The summed E-state index contributed by atoms with van der Waals surface area (Å²) in [6.07, 6.45) is 4.54. The second-order valence-corrected chi connectivity index (χ2v) is 9.28. The van der Waals surface area contributed by atoms with Crippen molar-refractivity contribution in [3.05, 3.63) is 49.8 Å². The third-order valence-electron chi connectivity index (χ3n) is 5.45. The maximum Gasteiger partial charge on any atom is 0.221 e. The maximum atomic E-state index is 11.9. The van der Waals surface area contributed by atoms with Crippen LogP contribution in [-0.4, -0.2) is 37.1 Å². The minimum Gasteiger partial charge on any atom is -0.379 e. The van der Waals surface area contributed by atoms with Crippen LogP contribution < -0.4 is 5.32 Å². The van der Waals surface area contributed by atoms with E-state index >= 15 is 0 Å². The van der Waals surface area contributed by atoms with Gasteiger partial charge in [-0.1, -0.05) is 29.3 Å². The van der Waals surface area contributed by atoms with Crippen LogP contribution in [0.25, 0.3) is 0 Å². The van der Waals surface area contributed by atoms with Gasteiger partial charge in [-0.2, -0.15) is 0 Å². The van der Waals surface area contributed by atoms with E-state index in [2.05, 4.69) is 16.3 Å². The Morgan fingerprint density at radius 3 is 2.64 bits per heavy atom. The highest BCUT2D eigenvalue weighted by atomic mass is 35.5. The van der Waals surface area contributed by atoms with Gasteiger partial charge in [0.1, 0.15) is 5.00 Å². The molecule has 1 atom stereocenters. The van der Waals surface area contributed by atoms with Crippen molar-refractivity contribution in [1.29, 1.82) is 0 Å². The second kappa shape index (κ2) is 8.72. The van der Waals surface area contributed by atoms with Crippen LogP contribution in [-0.2, 0) is 22.4 Å². The SMILES string of the molecule is CC(=O)Nc1sc2c(c1[C@H](c1ccc(Cl)c(Cl)c1)N1CCOCC1)CCCC2. The standard InChI is InChI=1S/C21H24Cl2N2O2S/c1-13(26)24-21-19(15-4-2-3-5-18(15)28-21)20(25-8-10-27-11-9-25)14-6-7-16(22)17(23)12-14/h6-7,12,20H,2-5,8-11H2,1H3,(H,24,26)/t20-/m0/s1. The fourth-order valence-corrected chi connectivity index (χ4v) is 5.88. The molecule has 1 aromatic heterocycles. The number of ether oxygens (including phenoxy) is 1. The van der Waals surface area contributed by atoms with Crippen molar-refractivity contribution in [1.82, 2.24) is 4.90 Å². The molecule has 1 fully saturated rings. The molecule has 0 saturated carbocycles. The predicted octanol–water partition coefficient (Wildman–Crippen LogP) is 5.31. The number of fused-ring (bicyclic) bond motifs is 1. The molecule has 1 N–H and O–H groups in total. The summed E-state index contributed by atoms with van der Waals surface area (Å²) in [4.78, 5) is 15.8. The minimum atomic E-state index is -0.0327. The molecular formula is C21H24Cl2N2O2S. The smallest absolute Gasteiger partial charge is 0.221 e. The summed E-state index contributed by atoms with van der Waals surface area (Å²) < 4.78 is 5.60. The van der Waals surface area contributed by atoms with E-state index in [0.717, 1.165) is 36.5 Å². The van der Waals surface area contributed by atoms with Crippen molar-refractivity contribution >= 4 is 45.4 Å². The van der Waals surface area contributed by atoms with Gasteiger partial charge in [0.15, 0.2) is 0 Å². The van der Waals surface area contributed by atoms with E-state index in [1.165, 1.54) is 28.8 Å². The van der Waals surface area contributed by atoms with Crippen molar-refractivity contribution in [3.63, 3.8) is 0 Å². The molecule has 1 aliphatic heterocycles. The van der Waals surface area contributed by atoms with Crippen LogP contribution in [0.3, 0.4) is 0 Å². The number of halogens is 2. The monoisotopic (exact) mass is 438 g/mol. The Hall–Kier alpha value is -1.11. The number of benzene rings is 1. The Bertz CT molecular complexity index is 878. The van der Waals surface area contributed by atoms with Crippen LogP contribution in [0.5, 0.6) is 0 Å². The Morgan fingerprint density at radius 1 is 1.18 bits per heavy atom. The molecule has 150 valence electrons. The van der Waals surface area contributed by atoms with Crippen molar-refractivity contribution < 1.29 is 9.53 Å². The zero-order valence-corrected chi connectivity index (χ0v) is 18.2. The van der Waals surface area contributed by atoms with Crippen LogP contribution in [0.2, 0.25) is 10.0 Å². The average Bonchev–Trinajstić information content (AvgIpc) is 3.03. The summed E-state index contributed by atoms with van der Waals surface area (Å²) in [6, 6.07) is 5.91. The first-order valence-electron chi connectivity index (χ1n) is 9.73. The fraction of sp³-hybridized carbons (Fsp3) is 0.476. The van der Waals surface area contributed by atoms with Gasteiger partial charge in [-0.25, -0.2) is 0 Å². The van der Waals surface area contributed by atoms with Crippen LogP contribution in [0.4, 0.5) is 5.00 Å². The second-order valence-electron chi connectivity index (χ2n) is 7.36. The third kappa shape index (κ3) is 4.10. The summed E-state index contributed by atoms with van der Waals surface area (Å²) in [6.45, 7) is 4.68. The van der Waals surface area contributed by atoms with E-state index in [4.69, 9.17) is 27.9 Å². The first-order valence-corrected chi connectivity index (χ1v) is 11.3. The molecule has 1 saturated heterocycles. The number of morpholine rings is 1. The average molecular weight is 439 g/mol. The molecule has 0 radical (unpaired) electrons. The lowest BCUT2D eigenvalue weighted by Gasteiger charge is -2.36. The van der Waals surface area contributed by atoms with Gasteiger partial charge in [0.2, 0.25) is 5.91 Å². The van der Waals surface area contributed by atoms with Crippen molar-refractivity contribution in [3.8, 4) is 0 Å². The highest BCUT2D eigenvalue weighted by Gasteiger charge is 2.32. The molecule has 1 aliphatic carbocycles. The van der Waals surface area contributed by atoms with Gasteiger partial charge in [0.05, 0.1) is 29.3 Å². The number of rotatable bonds is 4. The van der Waals surface area contributed by atoms with Crippen molar-refractivity contribution in [2.75, 3.05) is 31.6 Å². The summed E-state index contributed by atoms with van der Waals surface area (Å²) in [5, 5.41) is 5.20. The first-order chi connectivity index (χ1) is 13.5. The van der Waals surface area contributed by atoms with Crippen molar-refractivity contribution in [2.24, 2.45) is 0 Å². The quantitative estimate of drug-likeness (QED) is 0.702. The number of nitrogens with one attached hydrogen (secondary N) is 1. The van der Waals surface area contributed by atoms with E-state index in [0.29, 0.717) is 23.3 Å².